The minimum atomic E-state index is -0.113. The molecule has 0 amide bonds. The van der Waals surface area contributed by atoms with Crippen LogP contribution < -0.4 is 14.8 Å². The van der Waals surface area contributed by atoms with Crippen LogP contribution >= 0.6 is 0 Å². The van der Waals surface area contributed by atoms with E-state index in [1.165, 1.54) is 19.3 Å². The van der Waals surface area contributed by atoms with Crippen molar-refractivity contribution in [1.82, 2.24) is 5.32 Å². The van der Waals surface area contributed by atoms with E-state index in [-0.39, 0.29) is 12.0 Å². The molecule has 22 heavy (non-hydrogen) atoms. The average Bonchev–Trinajstić information content (AvgIpc) is 2.90. The van der Waals surface area contributed by atoms with Crippen molar-refractivity contribution >= 4 is 5.97 Å². The van der Waals surface area contributed by atoms with Crippen LogP contribution in [0.1, 0.15) is 38.2 Å². The van der Waals surface area contributed by atoms with E-state index in [0.717, 1.165) is 23.6 Å². The summed E-state index contributed by atoms with van der Waals surface area (Å²) >= 11 is 0. The SMILES string of the molecule is CCOC(=O)CC(NCc1ccc2c(c1)OCO2)C1CCC1. The normalized spacial score (nSPS) is 17.9. The minimum Gasteiger partial charge on any atom is -0.466 e. The van der Waals surface area contributed by atoms with Crippen LogP contribution in [0, 0.1) is 5.92 Å². The molecule has 1 fully saturated rings. The second kappa shape index (κ2) is 7.01. The lowest BCUT2D eigenvalue weighted by Crippen LogP contribution is -2.41. The maximum atomic E-state index is 11.8. The van der Waals surface area contributed by atoms with Crippen LogP contribution in [-0.4, -0.2) is 25.4 Å². The van der Waals surface area contributed by atoms with Gasteiger partial charge in [0, 0.05) is 12.6 Å². The quantitative estimate of drug-likeness (QED) is 0.785. The fourth-order valence-corrected chi connectivity index (χ4v) is 2.95. The van der Waals surface area contributed by atoms with Crippen LogP contribution in [-0.2, 0) is 16.1 Å². The molecule has 5 heteroatoms. The van der Waals surface area contributed by atoms with Crippen molar-refractivity contribution in [3.8, 4) is 11.5 Å². The number of fused-ring (bicyclic) bond motifs is 1. The fourth-order valence-electron chi connectivity index (χ4n) is 2.95. The number of rotatable bonds is 7. The number of benzene rings is 1. The molecule has 120 valence electrons. The van der Waals surface area contributed by atoms with Crippen molar-refractivity contribution in [2.75, 3.05) is 13.4 Å². The Kier molecular flexibility index (Phi) is 4.83. The van der Waals surface area contributed by atoms with Crippen LogP contribution in [0.4, 0.5) is 0 Å². The van der Waals surface area contributed by atoms with Gasteiger partial charge in [0.15, 0.2) is 11.5 Å². The molecular weight excluding hydrogens is 282 g/mol. The molecule has 1 saturated carbocycles. The fraction of sp³-hybridized carbons (Fsp3) is 0.588. The minimum absolute atomic E-state index is 0.113. The Bertz CT molecular complexity index is 527. The summed E-state index contributed by atoms with van der Waals surface area (Å²) in [6.45, 7) is 3.30. The Morgan fingerprint density at radius 1 is 1.36 bits per heavy atom. The van der Waals surface area contributed by atoms with E-state index < -0.39 is 0 Å². The molecule has 5 nitrogen and oxygen atoms in total. The topological polar surface area (TPSA) is 56.8 Å². The van der Waals surface area contributed by atoms with Gasteiger partial charge in [-0.15, -0.1) is 0 Å². The first-order chi connectivity index (χ1) is 10.8. The van der Waals surface area contributed by atoms with Gasteiger partial charge >= 0.3 is 5.97 Å². The highest BCUT2D eigenvalue weighted by Gasteiger charge is 2.29. The van der Waals surface area contributed by atoms with Gasteiger partial charge in [0.1, 0.15) is 0 Å². The van der Waals surface area contributed by atoms with Crippen LogP contribution in [0.3, 0.4) is 0 Å². The number of hydrogen-bond donors (Lipinski definition) is 1. The van der Waals surface area contributed by atoms with Gasteiger partial charge in [-0.05, 0) is 43.4 Å². The number of nitrogens with one attached hydrogen (secondary N) is 1. The molecule has 0 radical (unpaired) electrons. The van der Waals surface area contributed by atoms with E-state index >= 15 is 0 Å². The predicted octanol–water partition coefficient (Wildman–Crippen LogP) is 2.63. The molecule has 2 aliphatic rings. The van der Waals surface area contributed by atoms with Gasteiger partial charge in [-0.3, -0.25) is 4.79 Å². The zero-order valence-corrected chi connectivity index (χ0v) is 13.0. The number of ether oxygens (including phenoxy) is 3. The number of esters is 1. The summed E-state index contributed by atoms with van der Waals surface area (Å²) in [6.07, 6.45) is 4.09. The molecule has 1 unspecified atom stereocenters. The first kappa shape index (κ1) is 15.2. The first-order valence-corrected chi connectivity index (χ1v) is 8.04. The maximum absolute atomic E-state index is 11.8. The van der Waals surface area contributed by atoms with Crippen LogP contribution in [0.2, 0.25) is 0 Å². The van der Waals surface area contributed by atoms with Crippen molar-refractivity contribution < 1.29 is 19.0 Å². The van der Waals surface area contributed by atoms with Crippen LogP contribution in [0.25, 0.3) is 0 Å². The molecular formula is C17H23NO4. The maximum Gasteiger partial charge on any atom is 0.307 e. The van der Waals surface area contributed by atoms with E-state index in [4.69, 9.17) is 14.2 Å². The monoisotopic (exact) mass is 305 g/mol. The molecule has 1 heterocycles. The van der Waals surface area contributed by atoms with Gasteiger partial charge in [0.25, 0.3) is 0 Å². The third kappa shape index (κ3) is 3.53. The van der Waals surface area contributed by atoms with Gasteiger partial charge < -0.3 is 19.5 Å². The Balaban J connectivity index is 1.57. The molecule has 1 atom stereocenters. The van der Waals surface area contributed by atoms with E-state index in [9.17, 15) is 4.79 Å². The lowest BCUT2D eigenvalue weighted by atomic mass is 9.78. The van der Waals surface area contributed by atoms with Crippen LogP contribution in [0.15, 0.2) is 18.2 Å². The van der Waals surface area contributed by atoms with E-state index in [1.54, 1.807) is 0 Å². The van der Waals surface area contributed by atoms with E-state index in [2.05, 4.69) is 5.32 Å². The summed E-state index contributed by atoms with van der Waals surface area (Å²) in [5.41, 5.74) is 1.14. The standard InChI is InChI=1S/C17H23NO4/c1-2-20-17(19)9-14(13-4-3-5-13)18-10-12-6-7-15-16(8-12)22-11-21-15/h6-8,13-14,18H,2-5,9-11H2,1H3. The van der Waals surface area contributed by atoms with Gasteiger partial charge in [-0.25, -0.2) is 0 Å². The van der Waals surface area contributed by atoms with Gasteiger partial charge in [-0.2, -0.15) is 0 Å². The molecule has 1 N–H and O–H groups in total. The second-order valence-electron chi connectivity index (χ2n) is 5.88. The number of carbonyl (C=O) groups excluding carboxylic acids is 1. The van der Waals surface area contributed by atoms with Crippen molar-refractivity contribution in [1.29, 1.82) is 0 Å². The predicted molar refractivity (Wildman–Crippen MR) is 81.8 cm³/mol. The lowest BCUT2D eigenvalue weighted by Gasteiger charge is -2.34. The number of carbonyl (C=O) groups is 1. The largest absolute Gasteiger partial charge is 0.466 e. The summed E-state index contributed by atoms with van der Waals surface area (Å²) in [7, 11) is 0. The smallest absolute Gasteiger partial charge is 0.307 e. The highest BCUT2D eigenvalue weighted by atomic mass is 16.7. The first-order valence-electron chi connectivity index (χ1n) is 8.04. The third-order valence-corrected chi connectivity index (χ3v) is 4.42. The Morgan fingerprint density at radius 3 is 2.91 bits per heavy atom. The van der Waals surface area contributed by atoms with E-state index in [0.29, 0.717) is 25.7 Å². The molecule has 0 spiro atoms. The van der Waals surface area contributed by atoms with Gasteiger partial charge in [0.2, 0.25) is 6.79 Å². The zero-order chi connectivity index (χ0) is 15.4. The van der Waals surface area contributed by atoms with Crippen molar-refractivity contribution in [3.63, 3.8) is 0 Å². The molecule has 1 aliphatic carbocycles. The lowest BCUT2D eigenvalue weighted by molar-refractivity contribution is -0.144. The molecule has 0 aromatic heterocycles. The average molecular weight is 305 g/mol. The van der Waals surface area contributed by atoms with Gasteiger partial charge in [0.05, 0.1) is 13.0 Å². The van der Waals surface area contributed by atoms with Crippen molar-refractivity contribution in [3.05, 3.63) is 23.8 Å². The Morgan fingerprint density at radius 2 is 2.18 bits per heavy atom. The van der Waals surface area contributed by atoms with Crippen LogP contribution in [0.5, 0.6) is 11.5 Å². The molecule has 0 bridgehead atoms. The summed E-state index contributed by atoms with van der Waals surface area (Å²) in [5, 5.41) is 3.52. The van der Waals surface area contributed by atoms with Crippen molar-refractivity contribution in [2.45, 2.75) is 45.2 Å². The Hall–Kier alpha value is -1.75. The summed E-state index contributed by atoms with van der Waals surface area (Å²) in [5.74, 6) is 2.06. The summed E-state index contributed by atoms with van der Waals surface area (Å²) < 4.78 is 15.8. The van der Waals surface area contributed by atoms with Crippen molar-refractivity contribution in [2.24, 2.45) is 5.92 Å². The second-order valence-corrected chi connectivity index (χ2v) is 5.88. The Labute approximate surface area is 130 Å². The molecule has 1 aromatic carbocycles. The summed E-state index contributed by atoms with van der Waals surface area (Å²) in [4.78, 5) is 11.8. The van der Waals surface area contributed by atoms with E-state index in [1.807, 2.05) is 25.1 Å². The summed E-state index contributed by atoms with van der Waals surface area (Å²) in [6, 6.07) is 6.15. The molecule has 0 saturated heterocycles. The third-order valence-electron chi connectivity index (χ3n) is 4.42. The molecule has 1 aromatic rings. The highest BCUT2D eigenvalue weighted by molar-refractivity contribution is 5.70. The highest BCUT2D eigenvalue weighted by Crippen LogP contribution is 2.33. The molecule has 3 rings (SSSR count). The molecule has 1 aliphatic heterocycles. The zero-order valence-electron chi connectivity index (χ0n) is 13.0. The number of hydrogen-bond acceptors (Lipinski definition) is 5. The van der Waals surface area contributed by atoms with Gasteiger partial charge in [-0.1, -0.05) is 12.5 Å².